The first kappa shape index (κ1) is 13.2. The molecule has 0 radical (unpaired) electrons. The van der Waals surface area contributed by atoms with E-state index in [1.54, 1.807) is 0 Å². The molecule has 2 aliphatic carbocycles. The average molecular weight is 257 g/mol. The number of fused-ring (bicyclic) bond motifs is 1. The minimum Gasteiger partial charge on any atom is -0.310 e. The zero-order valence-electron chi connectivity index (χ0n) is 12.4. The largest absolute Gasteiger partial charge is 0.310 e. The van der Waals surface area contributed by atoms with Gasteiger partial charge in [-0.3, -0.25) is 0 Å². The van der Waals surface area contributed by atoms with Crippen LogP contribution in [0.5, 0.6) is 0 Å². The Hall–Kier alpha value is -0.820. The predicted molar refractivity (Wildman–Crippen MR) is 81.2 cm³/mol. The van der Waals surface area contributed by atoms with Gasteiger partial charge in [0.05, 0.1) is 0 Å². The molecule has 1 aromatic carbocycles. The van der Waals surface area contributed by atoms with Crippen LogP contribution in [0.25, 0.3) is 0 Å². The van der Waals surface area contributed by atoms with E-state index in [-0.39, 0.29) is 0 Å². The molecule has 0 heterocycles. The minimum atomic E-state index is 0.605. The first-order chi connectivity index (χ1) is 9.31. The van der Waals surface area contributed by atoms with Crippen molar-refractivity contribution in [3.05, 3.63) is 35.4 Å². The third-order valence-electron chi connectivity index (χ3n) is 5.16. The highest BCUT2D eigenvalue weighted by Crippen LogP contribution is 2.60. The van der Waals surface area contributed by atoms with E-state index in [0.29, 0.717) is 6.04 Å². The van der Waals surface area contributed by atoms with Crippen molar-refractivity contribution in [2.24, 2.45) is 17.8 Å². The summed E-state index contributed by atoms with van der Waals surface area (Å²) in [6.45, 7) is 5.59. The highest BCUT2D eigenvalue weighted by atomic mass is 14.9. The van der Waals surface area contributed by atoms with Crippen molar-refractivity contribution in [1.82, 2.24) is 5.32 Å². The summed E-state index contributed by atoms with van der Waals surface area (Å²) >= 11 is 0. The molecule has 1 heteroatoms. The minimum absolute atomic E-state index is 0.605. The Morgan fingerprint density at radius 1 is 1.11 bits per heavy atom. The summed E-state index contributed by atoms with van der Waals surface area (Å²) < 4.78 is 0. The van der Waals surface area contributed by atoms with Crippen LogP contribution < -0.4 is 5.32 Å². The van der Waals surface area contributed by atoms with Crippen molar-refractivity contribution in [1.29, 1.82) is 0 Å². The summed E-state index contributed by atoms with van der Waals surface area (Å²) in [6.07, 6.45) is 7.11. The molecule has 2 saturated carbocycles. The number of nitrogens with one attached hydrogen (secondary N) is 1. The summed E-state index contributed by atoms with van der Waals surface area (Å²) in [5, 5.41) is 3.82. The lowest BCUT2D eigenvalue weighted by Gasteiger charge is -2.20. The fourth-order valence-corrected chi connectivity index (χ4v) is 4.09. The third-order valence-corrected chi connectivity index (χ3v) is 5.16. The quantitative estimate of drug-likeness (QED) is 0.820. The fourth-order valence-electron chi connectivity index (χ4n) is 4.09. The molecule has 0 bridgehead atoms. The first-order valence-corrected chi connectivity index (χ1v) is 8.11. The Morgan fingerprint density at radius 3 is 2.32 bits per heavy atom. The van der Waals surface area contributed by atoms with Gasteiger partial charge in [0, 0.05) is 6.04 Å². The summed E-state index contributed by atoms with van der Waals surface area (Å²) in [7, 11) is 0. The Bertz CT molecular complexity index is 396. The van der Waals surface area contributed by atoms with Crippen LogP contribution in [0.4, 0.5) is 0 Å². The van der Waals surface area contributed by atoms with Crippen LogP contribution in [0.2, 0.25) is 0 Å². The molecule has 0 saturated heterocycles. The van der Waals surface area contributed by atoms with Gasteiger partial charge in [-0.25, -0.2) is 0 Å². The predicted octanol–water partition coefficient (Wildman–Crippen LogP) is 4.47. The zero-order chi connectivity index (χ0) is 13.2. The first-order valence-electron chi connectivity index (χ1n) is 8.11. The van der Waals surface area contributed by atoms with Gasteiger partial charge in [-0.1, -0.05) is 49.6 Å². The molecular formula is C18H27N. The SMILES string of the molecule is CCCNC(c1ccc(C)cc1)C1C2CCCCC21. The highest BCUT2D eigenvalue weighted by molar-refractivity contribution is 5.27. The van der Waals surface area contributed by atoms with Crippen LogP contribution in [0.1, 0.15) is 56.2 Å². The maximum Gasteiger partial charge on any atom is 0.0354 e. The Kier molecular flexibility index (Phi) is 3.93. The molecule has 1 nitrogen and oxygen atoms in total. The van der Waals surface area contributed by atoms with Crippen LogP contribution in [0.15, 0.2) is 24.3 Å². The Balaban J connectivity index is 1.76. The summed E-state index contributed by atoms with van der Waals surface area (Å²) in [5.74, 6) is 2.95. The van der Waals surface area contributed by atoms with Gasteiger partial charge in [0.25, 0.3) is 0 Å². The van der Waals surface area contributed by atoms with E-state index >= 15 is 0 Å². The standard InChI is InChI=1S/C18H27N/c1-3-12-19-18(14-10-8-13(2)9-11-14)17-15-6-4-5-7-16(15)17/h8-11,15-19H,3-7,12H2,1-2H3. The number of hydrogen-bond acceptors (Lipinski definition) is 1. The van der Waals surface area contributed by atoms with E-state index in [1.165, 1.54) is 43.2 Å². The molecule has 3 unspecified atom stereocenters. The molecule has 0 aliphatic heterocycles. The molecular weight excluding hydrogens is 230 g/mol. The van der Waals surface area contributed by atoms with Gasteiger partial charge in [0.2, 0.25) is 0 Å². The number of rotatable bonds is 5. The molecule has 2 fully saturated rings. The lowest BCUT2D eigenvalue weighted by molar-refractivity contribution is 0.445. The van der Waals surface area contributed by atoms with E-state index in [1.807, 2.05) is 0 Å². The molecule has 0 amide bonds. The number of aryl methyl sites for hydroxylation is 1. The van der Waals surface area contributed by atoms with Gasteiger partial charge in [-0.05, 0) is 56.0 Å². The van der Waals surface area contributed by atoms with Gasteiger partial charge in [-0.15, -0.1) is 0 Å². The number of benzene rings is 1. The van der Waals surface area contributed by atoms with Crippen molar-refractivity contribution < 1.29 is 0 Å². The van der Waals surface area contributed by atoms with E-state index in [9.17, 15) is 0 Å². The average Bonchev–Trinajstić information content (AvgIpc) is 3.16. The molecule has 1 N–H and O–H groups in total. The molecule has 2 aliphatic rings. The van der Waals surface area contributed by atoms with Gasteiger partial charge >= 0.3 is 0 Å². The molecule has 19 heavy (non-hydrogen) atoms. The smallest absolute Gasteiger partial charge is 0.0354 e. The van der Waals surface area contributed by atoms with Crippen molar-refractivity contribution in [2.75, 3.05) is 6.54 Å². The van der Waals surface area contributed by atoms with Crippen LogP contribution in [0, 0.1) is 24.7 Å². The lowest BCUT2D eigenvalue weighted by atomic mass is 9.98. The highest BCUT2D eigenvalue weighted by Gasteiger charge is 2.54. The Morgan fingerprint density at radius 2 is 1.74 bits per heavy atom. The molecule has 0 aromatic heterocycles. The summed E-state index contributed by atoms with van der Waals surface area (Å²) in [6, 6.07) is 9.82. The van der Waals surface area contributed by atoms with Gasteiger partial charge < -0.3 is 5.32 Å². The van der Waals surface area contributed by atoms with Crippen LogP contribution in [-0.4, -0.2) is 6.54 Å². The molecule has 3 atom stereocenters. The maximum atomic E-state index is 3.82. The second-order valence-corrected chi connectivity index (χ2v) is 6.53. The van der Waals surface area contributed by atoms with Crippen LogP contribution in [0.3, 0.4) is 0 Å². The van der Waals surface area contributed by atoms with Crippen LogP contribution >= 0.6 is 0 Å². The third kappa shape index (κ3) is 2.72. The molecule has 0 spiro atoms. The normalized spacial score (nSPS) is 30.7. The summed E-state index contributed by atoms with van der Waals surface area (Å²) in [4.78, 5) is 0. The van der Waals surface area contributed by atoms with Crippen LogP contribution in [-0.2, 0) is 0 Å². The van der Waals surface area contributed by atoms with Gasteiger partial charge in [-0.2, -0.15) is 0 Å². The molecule has 1 aromatic rings. The molecule has 104 valence electrons. The molecule has 3 rings (SSSR count). The maximum absolute atomic E-state index is 3.82. The Labute approximate surface area is 117 Å². The van der Waals surface area contributed by atoms with E-state index in [4.69, 9.17) is 0 Å². The van der Waals surface area contributed by atoms with Gasteiger partial charge in [0.1, 0.15) is 0 Å². The lowest BCUT2D eigenvalue weighted by Crippen LogP contribution is -2.25. The van der Waals surface area contributed by atoms with Gasteiger partial charge in [0.15, 0.2) is 0 Å². The second kappa shape index (κ2) is 5.66. The zero-order valence-corrected chi connectivity index (χ0v) is 12.4. The van der Waals surface area contributed by atoms with Crippen molar-refractivity contribution in [3.8, 4) is 0 Å². The van der Waals surface area contributed by atoms with E-state index in [2.05, 4.69) is 43.4 Å². The topological polar surface area (TPSA) is 12.0 Å². The van der Waals surface area contributed by atoms with Crippen molar-refractivity contribution in [3.63, 3.8) is 0 Å². The van der Waals surface area contributed by atoms with E-state index in [0.717, 1.165) is 24.3 Å². The fraction of sp³-hybridized carbons (Fsp3) is 0.667. The second-order valence-electron chi connectivity index (χ2n) is 6.53. The van der Waals surface area contributed by atoms with Crippen molar-refractivity contribution >= 4 is 0 Å². The monoisotopic (exact) mass is 257 g/mol. The van der Waals surface area contributed by atoms with Crippen molar-refractivity contribution in [2.45, 2.75) is 52.0 Å². The summed E-state index contributed by atoms with van der Waals surface area (Å²) in [5.41, 5.74) is 2.88. The van der Waals surface area contributed by atoms with E-state index < -0.39 is 0 Å². The number of hydrogen-bond donors (Lipinski definition) is 1.